The van der Waals surface area contributed by atoms with Crippen LogP contribution in [0.2, 0.25) is 0 Å². The van der Waals surface area contributed by atoms with Gasteiger partial charge in [0, 0.05) is 18.5 Å². The zero-order chi connectivity index (χ0) is 17.9. The van der Waals surface area contributed by atoms with Gasteiger partial charge in [0.25, 0.3) is 0 Å². The molecule has 0 aliphatic rings. The quantitative estimate of drug-likeness (QED) is 0.715. The van der Waals surface area contributed by atoms with Crippen LogP contribution < -0.4 is 0 Å². The van der Waals surface area contributed by atoms with E-state index < -0.39 is 23.5 Å². The monoisotopic (exact) mass is 333 g/mol. The Morgan fingerprint density at radius 2 is 1.74 bits per heavy atom. The lowest BCUT2D eigenvalue weighted by Crippen LogP contribution is -2.35. The maximum atomic E-state index is 14.2. The van der Waals surface area contributed by atoms with Crippen LogP contribution in [0.25, 0.3) is 0 Å². The van der Waals surface area contributed by atoms with E-state index in [4.69, 9.17) is 0 Å². The van der Waals surface area contributed by atoms with Crippen molar-refractivity contribution in [3.05, 3.63) is 35.1 Å². The fourth-order valence-electron chi connectivity index (χ4n) is 2.23. The number of hydrogen-bond acceptors (Lipinski definition) is 2. The van der Waals surface area contributed by atoms with Gasteiger partial charge in [-0.25, -0.2) is 4.39 Å². The molecule has 0 radical (unpaired) electrons. The summed E-state index contributed by atoms with van der Waals surface area (Å²) in [6.07, 6.45) is -4.61. The van der Waals surface area contributed by atoms with Gasteiger partial charge in [0.15, 0.2) is 0 Å². The first-order valence-electron chi connectivity index (χ1n) is 7.55. The summed E-state index contributed by atoms with van der Waals surface area (Å²) in [5.41, 5.74) is -1.03. The third-order valence-corrected chi connectivity index (χ3v) is 3.97. The highest BCUT2D eigenvalue weighted by Gasteiger charge is 2.33. The van der Waals surface area contributed by atoms with Crippen LogP contribution in [-0.4, -0.2) is 30.3 Å². The first-order valence-corrected chi connectivity index (χ1v) is 7.55. The van der Waals surface area contributed by atoms with Gasteiger partial charge < -0.3 is 4.90 Å². The number of carbonyl (C=O) groups is 1. The highest BCUT2D eigenvalue weighted by molar-refractivity contribution is 5.87. The van der Waals surface area contributed by atoms with Crippen molar-refractivity contribution in [3.63, 3.8) is 0 Å². The molecule has 1 atom stereocenters. The van der Waals surface area contributed by atoms with Gasteiger partial charge >= 0.3 is 6.18 Å². The van der Waals surface area contributed by atoms with E-state index in [0.717, 1.165) is 12.1 Å². The van der Waals surface area contributed by atoms with Crippen molar-refractivity contribution < 1.29 is 22.4 Å². The second-order valence-corrected chi connectivity index (χ2v) is 6.38. The van der Waals surface area contributed by atoms with E-state index in [1.165, 1.54) is 0 Å². The Hall–Kier alpha value is -1.43. The van der Waals surface area contributed by atoms with Crippen molar-refractivity contribution in [1.29, 1.82) is 0 Å². The van der Waals surface area contributed by atoms with Crippen LogP contribution in [0.5, 0.6) is 0 Å². The van der Waals surface area contributed by atoms with Gasteiger partial charge in [-0.05, 0) is 38.6 Å². The van der Waals surface area contributed by atoms with E-state index in [1.54, 1.807) is 20.9 Å². The number of benzene rings is 1. The van der Waals surface area contributed by atoms with Gasteiger partial charge in [-0.2, -0.15) is 13.2 Å². The summed E-state index contributed by atoms with van der Waals surface area (Å²) in [6, 6.07) is 2.51. The first kappa shape index (κ1) is 19.6. The maximum Gasteiger partial charge on any atom is 0.416 e. The predicted octanol–water partition coefficient (Wildman–Crippen LogP) is 4.49. The number of ketones is 1. The second-order valence-electron chi connectivity index (χ2n) is 6.38. The lowest BCUT2D eigenvalue weighted by molar-refractivity contribution is -0.137. The lowest BCUT2D eigenvalue weighted by atomic mass is 9.87. The fraction of sp³-hybridized carbons (Fsp3) is 0.588. The van der Waals surface area contributed by atoms with E-state index in [0.29, 0.717) is 6.07 Å². The van der Waals surface area contributed by atoms with Crippen molar-refractivity contribution >= 4 is 5.78 Å². The van der Waals surface area contributed by atoms with Gasteiger partial charge in [0.05, 0.1) is 11.5 Å². The predicted molar refractivity (Wildman–Crippen MR) is 81.8 cm³/mol. The Morgan fingerprint density at radius 1 is 1.17 bits per heavy atom. The zero-order valence-corrected chi connectivity index (χ0v) is 14.0. The third kappa shape index (κ3) is 5.03. The molecule has 130 valence electrons. The third-order valence-electron chi connectivity index (χ3n) is 3.97. The van der Waals surface area contributed by atoms with Gasteiger partial charge in [-0.15, -0.1) is 0 Å². The summed E-state index contributed by atoms with van der Waals surface area (Å²) in [4.78, 5) is 14.3. The van der Waals surface area contributed by atoms with E-state index in [1.807, 2.05) is 18.7 Å². The molecule has 0 N–H and O–H groups in total. The molecule has 0 bridgehead atoms. The molecule has 0 heterocycles. The number of carbonyl (C=O) groups excluding carboxylic acids is 1. The van der Waals surface area contributed by atoms with Crippen LogP contribution >= 0.6 is 0 Å². The number of halogens is 4. The van der Waals surface area contributed by atoms with E-state index in [-0.39, 0.29) is 29.9 Å². The molecule has 0 unspecified atom stereocenters. The number of likely N-dealkylation sites (N-methyl/N-ethyl adjacent to an activating group) is 1. The Labute approximate surface area is 134 Å². The van der Waals surface area contributed by atoms with Crippen LogP contribution in [0.3, 0.4) is 0 Å². The average Bonchev–Trinajstić information content (AvgIpc) is 2.42. The topological polar surface area (TPSA) is 20.3 Å². The largest absolute Gasteiger partial charge is 0.416 e. The summed E-state index contributed by atoms with van der Waals surface area (Å²) in [5, 5.41) is 0. The molecule has 23 heavy (non-hydrogen) atoms. The molecule has 0 amide bonds. The Kier molecular flexibility index (Phi) is 6.33. The molecule has 1 rings (SSSR count). The van der Waals surface area contributed by atoms with Crippen molar-refractivity contribution in [3.8, 4) is 0 Å². The minimum Gasteiger partial charge on any atom is -0.303 e. The normalized spacial score (nSPS) is 13.9. The van der Waals surface area contributed by atoms with Crippen molar-refractivity contribution in [2.45, 2.75) is 45.8 Å². The summed E-state index contributed by atoms with van der Waals surface area (Å²) < 4.78 is 52.2. The minimum absolute atomic E-state index is 0.0178. The summed E-state index contributed by atoms with van der Waals surface area (Å²) >= 11 is 0. The second kappa shape index (κ2) is 7.43. The Morgan fingerprint density at radius 3 is 2.13 bits per heavy atom. The van der Waals surface area contributed by atoms with Crippen LogP contribution in [0.15, 0.2) is 18.2 Å². The summed E-state index contributed by atoms with van der Waals surface area (Å²) in [5.74, 6) is -2.29. The minimum atomic E-state index is -4.61. The molecule has 0 saturated heterocycles. The lowest BCUT2D eigenvalue weighted by Gasteiger charge is -2.28. The van der Waals surface area contributed by atoms with E-state index >= 15 is 0 Å². The molecule has 1 aromatic rings. The van der Waals surface area contributed by atoms with Crippen molar-refractivity contribution in [1.82, 2.24) is 4.90 Å². The van der Waals surface area contributed by atoms with Crippen LogP contribution in [0.1, 0.15) is 44.7 Å². The number of nitrogens with zero attached hydrogens (tertiary/aromatic N) is 1. The van der Waals surface area contributed by atoms with Crippen molar-refractivity contribution in [2.24, 2.45) is 5.92 Å². The molecule has 0 aliphatic heterocycles. The molecule has 2 nitrogen and oxygen atoms in total. The van der Waals surface area contributed by atoms with Gasteiger partial charge in [0.1, 0.15) is 11.6 Å². The smallest absolute Gasteiger partial charge is 0.303 e. The molecule has 6 heteroatoms. The Balaban J connectivity index is 3.24. The van der Waals surface area contributed by atoms with E-state index in [9.17, 15) is 22.4 Å². The molecule has 0 spiro atoms. The van der Waals surface area contributed by atoms with Crippen LogP contribution in [-0.2, 0) is 11.0 Å². The number of alkyl halides is 3. The number of rotatable bonds is 6. The highest BCUT2D eigenvalue weighted by atomic mass is 19.4. The van der Waals surface area contributed by atoms with Crippen LogP contribution in [0.4, 0.5) is 17.6 Å². The first-order chi connectivity index (χ1) is 10.4. The van der Waals surface area contributed by atoms with Gasteiger partial charge in [-0.3, -0.25) is 4.79 Å². The molecule has 0 fully saturated rings. The zero-order valence-electron chi connectivity index (χ0n) is 14.0. The van der Waals surface area contributed by atoms with Gasteiger partial charge in [0.2, 0.25) is 0 Å². The maximum absolute atomic E-state index is 14.2. The number of hydrogen-bond donors (Lipinski definition) is 0. The van der Waals surface area contributed by atoms with E-state index in [2.05, 4.69) is 0 Å². The molecule has 0 aromatic heterocycles. The highest BCUT2D eigenvalue weighted by Crippen LogP contribution is 2.32. The Bertz CT molecular complexity index is 552. The molecule has 0 aliphatic carbocycles. The summed E-state index contributed by atoms with van der Waals surface area (Å²) in [7, 11) is 1.80. The molecule has 0 saturated carbocycles. The van der Waals surface area contributed by atoms with Crippen molar-refractivity contribution in [2.75, 3.05) is 13.6 Å². The summed E-state index contributed by atoms with van der Waals surface area (Å²) in [6.45, 7) is 7.52. The number of Topliss-reactive ketones (excluding diaryl/α,β-unsaturated/α-hetero) is 1. The molecular formula is C17H23F4NO. The van der Waals surface area contributed by atoms with Crippen LogP contribution in [0, 0.1) is 11.7 Å². The molecule has 1 aromatic carbocycles. The average molecular weight is 333 g/mol. The SMILES string of the molecule is CC(C)C(=O)[C@H](CN(C)C(C)C)c1ccc(C(F)(F)F)cc1F. The fourth-order valence-corrected chi connectivity index (χ4v) is 2.23. The standard InChI is InChI=1S/C17H23F4NO/c1-10(2)16(23)14(9-22(5)11(3)4)13-7-6-12(8-15(13)18)17(19,20)21/h6-8,10-11,14H,9H2,1-5H3/t14-/m1/s1. The molecular weight excluding hydrogens is 310 g/mol. The van der Waals surface area contributed by atoms with Gasteiger partial charge in [-0.1, -0.05) is 19.9 Å².